The van der Waals surface area contributed by atoms with Crippen molar-refractivity contribution in [2.45, 2.75) is 121 Å². The molecule has 3 unspecified atom stereocenters. The summed E-state index contributed by atoms with van der Waals surface area (Å²) < 4.78 is 12.7. The highest BCUT2D eigenvalue weighted by atomic mass is 16.6. The average molecular weight is 573 g/mol. The Bertz CT molecular complexity index is 994. The molecule has 1 N–H and O–H groups in total. The van der Waals surface area contributed by atoms with Crippen LogP contribution in [0.4, 0.5) is 0 Å². The molecule has 0 aromatic heterocycles. The van der Waals surface area contributed by atoms with Gasteiger partial charge in [-0.25, -0.2) is 0 Å². The Morgan fingerprint density at radius 3 is 2.54 bits per heavy atom. The number of nitrogens with zero attached hydrogens (tertiary/aromatic N) is 2. The number of rotatable bonds is 14. The number of carbonyl (C=O) groups is 3. The van der Waals surface area contributed by atoms with Crippen LogP contribution in [-0.2, 0) is 23.9 Å². The molecule has 1 saturated carbocycles. The summed E-state index contributed by atoms with van der Waals surface area (Å²) in [7, 11) is 0. The molecule has 3 aliphatic heterocycles. The summed E-state index contributed by atoms with van der Waals surface area (Å²) in [5, 5.41) is 10.6. The molecule has 0 radical (unpaired) electrons. The third kappa shape index (κ3) is 5.39. The summed E-state index contributed by atoms with van der Waals surface area (Å²) in [6.45, 7) is 16.1. The van der Waals surface area contributed by atoms with Crippen LogP contribution in [0.15, 0.2) is 25.3 Å². The van der Waals surface area contributed by atoms with E-state index in [-0.39, 0.29) is 42.9 Å². The SMILES string of the molecule is C=CCCCCOC(=O)[C@H]1[C@H]2C(=O)N([C@@H](CO)[C@@H](C)CC)C(C(=O)N(CC=C)C3CCCCC3)C23CC(C)[C@]1(C)O3. The molecule has 41 heavy (non-hydrogen) atoms. The molecule has 8 heteroatoms. The van der Waals surface area contributed by atoms with Crippen molar-refractivity contribution in [3.8, 4) is 0 Å². The summed E-state index contributed by atoms with van der Waals surface area (Å²) in [6, 6.07) is -1.40. The van der Waals surface area contributed by atoms with Crippen LogP contribution in [0.2, 0.25) is 0 Å². The van der Waals surface area contributed by atoms with Crippen molar-refractivity contribution in [1.29, 1.82) is 0 Å². The van der Waals surface area contributed by atoms with E-state index in [1.54, 1.807) is 11.0 Å². The van der Waals surface area contributed by atoms with E-state index in [2.05, 4.69) is 13.2 Å². The molecular formula is C33H52N2O6. The van der Waals surface area contributed by atoms with Crippen LogP contribution >= 0.6 is 0 Å². The van der Waals surface area contributed by atoms with Crippen LogP contribution < -0.4 is 0 Å². The van der Waals surface area contributed by atoms with E-state index in [9.17, 15) is 19.5 Å². The minimum Gasteiger partial charge on any atom is -0.465 e. The topological polar surface area (TPSA) is 96.4 Å². The molecule has 2 bridgehead atoms. The molecule has 4 rings (SSSR count). The molecular weight excluding hydrogens is 520 g/mol. The first kappa shape index (κ1) is 31.7. The summed E-state index contributed by atoms with van der Waals surface area (Å²) in [5.41, 5.74) is -2.06. The molecule has 1 spiro atoms. The lowest BCUT2D eigenvalue weighted by Gasteiger charge is -2.43. The van der Waals surface area contributed by atoms with Crippen LogP contribution in [-0.4, -0.2) is 81.8 Å². The second kappa shape index (κ2) is 13.0. The summed E-state index contributed by atoms with van der Waals surface area (Å²) in [4.78, 5) is 46.6. The number of hydrogen-bond acceptors (Lipinski definition) is 6. The Labute approximate surface area is 246 Å². The fraction of sp³-hybridized carbons (Fsp3) is 0.788. The van der Waals surface area contributed by atoms with E-state index in [1.165, 1.54) is 0 Å². The Morgan fingerprint density at radius 2 is 1.93 bits per heavy atom. The number of carbonyl (C=O) groups excluding carboxylic acids is 3. The largest absolute Gasteiger partial charge is 0.465 e. The van der Waals surface area contributed by atoms with Gasteiger partial charge < -0.3 is 24.4 Å². The van der Waals surface area contributed by atoms with Gasteiger partial charge in [-0.2, -0.15) is 0 Å². The minimum atomic E-state index is -1.15. The summed E-state index contributed by atoms with van der Waals surface area (Å²) in [5.74, 6) is -2.58. The Kier molecular flexibility index (Phi) is 10.1. The van der Waals surface area contributed by atoms with Crippen LogP contribution in [0.3, 0.4) is 0 Å². The van der Waals surface area contributed by atoms with Crippen molar-refractivity contribution in [2.75, 3.05) is 19.8 Å². The third-order valence-electron chi connectivity index (χ3n) is 10.8. The van der Waals surface area contributed by atoms with Gasteiger partial charge in [-0.15, -0.1) is 13.2 Å². The van der Waals surface area contributed by atoms with Crippen molar-refractivity contribution in [1.82, 2.24) is 9.80 Å². The van der Waals surface area contributed by atoms with Crippen LogP contribution in [0.5, 0.6) is 0 Å². The fourth-order valence-corrected chi connectivity index (χ4v) is 8.25. The van der Waals surface area contributed by atoms with Gasteiger partial charge in [-0.3, -0.25) is 14.4 Å². The zero-order chi connectivity index (χ0) is 29.9. The molecule has 3 heterocycles. The Morgan fingerprint density at radius 1 is 1.22 bits per heavy atom. The maximum Gasteiger partial charge on any atom is 0.312 e. The van der Waals surface area contributed by atoms with Gasteiger partial charge in [0.05, 0.1) is 30.8 Å². The number of unbranched alkanes of at least 4 members (excludes halogenated alkanes) is 2. The van der Waals surface area contributed by atoms with Crippen LogP contribution in [0.25, 0.3) is 0 Å². The second-order valence-electron chi connectivity index (χ2n) is 13.1. The van der Waals surface area contributed by atoms with E-state index in [0.717, 1.165) is 51.4 Å². The number of amides is 2. The lowest BCUT2D eigenvalue weighted by atomic mass is 9.62. The van der Waals surface area contributed by atoms with Crippen LogP contribution in [0, 0.1) is 23.7 Å². The number of allylic oxidation sites excluding steroid dienone is 1. The fourth-order valence-electron chi connectivity index (χ4n) is 8.25. The minimum absolute atomic E-state index is 0.0440. The average Bonchev–Trinajstić information content (AvgIpc) is 3.48. The number of hydrogen-bond donors (Lipinski definition) is 1. The molecule has 2 amide bonds. The molecule has 8 atom stereocenters. The van der Waals surface area contributed by atoms with Gasteiger partial charge >= 0.3 is 5.97 Å². The van der Waals surface area contributed by atoms with E-state index in [1.807, 2.05) is 38.7 Å². The molecule has 4 fully saturated rings. The van der Waals surface area contributed by atoms with Crippen molar-refractivity contribution < 1.29 is 29.0 Å². The molecule has 4 aliphatic rings. The monoisotopic (exact) mass is 572 g/mol. The molecule has 1 aliphatic carbocycles. The number of fused-ring (bicyclic) bond motifs is 1. The van der Waals surface area contributed by atoms with Gasteiger partial charge in [0, 0.05) is 12.6 Å². The first-order valence-electron chi connectivity index (χ1n) is 15.9. The second-order valence-corrected chi connectivity index (χ2v) is 13.1. The third-order valence-corrected chi connectivity index (χ3v) is 10.8. The smallest absolute Gasteiger partial charge is 0.312 e. The van der Waals surface area contributed by atoms with Gasteiger partial charge in [0.15, 0.2) is 0 Å². The molecule has 230 valence electrons. The number of ether oxygens (including phenoxy) is 2. The lowest BCUT2D eigenvalue weighted by Crippen LogP contribution is -2.61. The maximum absolute atomic E-state index is 14.8. The van der Waals surface area contributed by atoms with Crippen molar-refractivity contribution in [3.63, 3.8) is 0 Å². The Hall–Kier alpha value is -2.19. The van der Waals surface area contributed by atoms with Gasteiger partial charge in [0.1, 0.15) is 17.6 Å². The van der Waals surface area contributed by atoms with Crippen molar-refractivity contribution in [3.05, 3.63) is 25.3 Å². The summed E-state index contributed by atoms with van der Waals surface area (Å²) >= 11 is 0. The zero-order valence-electron chi connectivity index (χ0n) is 25.7. The van der Waals surface area contributed by atoms with Gasteiger partial charge in [-0.05, 0) is 57.3 Å². The number of aliphatic hydroxyl groups is 1. The van der Waals surface area contributed by atoms with Crippen molar-refractivity contribution in [2.24, 2.45) is 23.7 Å². The number of likely N-dealkylation sites (tertiary alicyclic amines) is 1. The highest BCUT2D eigenvalue weighted by molar-refractivity contribution is 5.99. The number of aliphatic hydroxyl groups excluding tert-OH is 1. The lowest BCUT2D eigenvalue weighted by molar-refractivity contribution is -0.165. The quantitative estimate of drug-likeness (QED) is 0.185. The van der Waals surface area contributed by atoms with E-state index < -0.39 is 41.1 Å². The molecule has 3 saturated heterocycles. The van der Waals surface area contributed by atoms with Gasteiger partial charge in [-0.1, -0.05) is 58.6 Å². The predicted octanol–water partition coefficient (Wildman–Crippen LogP) is 4.65. The summed E-state index contributed by atoms with van der Waals surface area (Å²) in [6.07, 6.45) is 12.4. The highest BCUT2D eigenvalue weighted by Gasteiger charge is 2.81. The predicted molar refractivity (Wildman–Crippen MR) is 158 cm³/mol. The Balaban J connectivity index is 1.76. The standard InChI is InChI=1S/C33H52N2O6/c1-7-10-11-15-19-40-31(39)27-26-29(37)35(25(21-36)22(4)9-3)28(33(26)20-23(5)32(27,6)41-33)30(38)34(18-8-2)24-16-13-12-14-17-24/h7-8,22-28,36H,1-2,9-21H2,3-6H3/t22-,23?,25-,26-,27+,28?,32-,33?/m0/s1. The zero-order valence-corrected chi connectivity index (χ0v) is 25.7. The van der Waals surface area contributed by atoms with E-state index in [4.69, 9.17) is 9.47 Å². The van der Waals surface area contributed by atoms with Crippen LogP contribution in [0.1, 0.15) is 91.9 Å². The van der Waals surface area contributed by atoms with E-state index in [0.29, 0.717) is 19.4 Å². The van der Waals surface area contributed by atoms with Gasteiger partial charge in [0.2, 0.25) is 11.8 Å². The molecule has 8 nitrogen and oxygen atoms in total. The normalized spacial score (nSPS) is 34.3. The maximum atomic E-state index is 14.8. The van der Waals surface area contributed by atoms with Crippen molar-refractivity contribution >= 4 is 17.8 Å². The first-order chi connectivity index (χ1) is 19.6. The van der Waals surface area contributed by atoms with E-state index >= 15 is 0 Å². The molecule has 0 aromatic rings. The van der Waals surface area contributed by atoms with Gasteiger partial charge in [0.25, 0.3) is 0 Å². The highest BCUT2D eigenvalue weighted by Crippen LogP contribution is 2.66. The molecule has 0 aromatic carbocycles. The first-order valence-corrected chi connectivity index (χ1v) is 15.9. The number of esters is 1.